The van der Waals surface area contributed by atoms with Crippen LogP contribution in [0, 0.1) is 10.8 Å². The summed E-state index contributed by atoms with van der Waals surface area (Å²) in [5.41, 5.74) is 3.35. The monoisotopic (exact) mass is 630 g/mol. The smallest absolute Gasteiger partial charge is 0.256 e. The van der Waals surface area contributed by atoms with Gasteiger partial charge in [0.2, 0.25) is 0 Å². The largest absolute Gasteiger partial charge is 0.493 e. The summed E-state index contributed by atoms with van der Waals surface area (Å²) in [7, 11) is 3.16. The van der Waals surface area contributed by atoms with Gasteiger partial charge in [0, 0.05) is 49.6 Å². The summed E-state index contributed by atoms with van der Waals surface area (Å²) in [6.07, 6.45) is 13.1. The number of ether oxygens (including phenoxy) is 4. The highest BCUT2D eigenvalue weighted by molar-refractivity contribution is 6.02. The Morgan fingerprint density at radius 2 is 1.74 bits per heavy atom. The number of unbranched alkanes of at least 4 members (excludes halogenated alkanes) is 2. The molecular formula is C36H46N4O6. The molecule has 2 atom stereocenters. The first kappa shape index (κ1) is 30.7. The number of benzene rings is 1. The summed E-state index contributed by atoms with van der Waals surface area (Å²) in [6.45, 7) is 9.24. The number of hydrogen-bond acceptors (Lipinski definition) is 8. The van der Waals surface area contributed by atoms with Gasteiger partial charge in [-0.05, 0) is 81.6 Å². The fraction of sp³-hybridized carbons (Fsp3) is 0.583. The number of amides is 2. The first-order chi connectivity index (χ1) is 22.2. The molecule has 4 heterocycles. The molecular weight excluding hydrogens is 584 g/mol. The number of rotatable bonds is 12. The Kier molecular flexibility index (Phi) is 8.01. The minimum Gasteiger partial charge on any atom is -0.493 e. The second-order valence-electron chi connectivity index (χ2n) is 14.1. The van der Waals surface area contributed by atoms with Crippen LogP contribution in [0.25, 0.3) is 0 Å². The zero-order chi connectivity index (χ0) is 32.1. The van der Waals surface area contributed by atoms with E-state index in [1.165, 1.54) is 25.7 Å². The van der Waals surface area contributed by atoms with Crippen molar-refractivity contribution in [3.63, 3.8) is 0 Å². The van der Waals surface area contributed by atoms with Gasteiger partial charge in [-0.25, -0.2) is 0 Å². The van der Waals surface area contributed by atoms with Gasteiger partial charge in [-0.2, -0.15) is 0 Å². The number of carbonyl (C=O) groups excluding carboxylic acids is 2. The van der Waals surface area contributed by atoms with E-state index in [9.17, 15) is 9.59 Å². The molecule has 1 unspecified atom stereocenters. The summed E-state index contributed by atoms with van der Waals surface area (Å²) in [5, 5.41) is 3.51. The molecule has 246 valence electrons. The Bertz CT molecular complexity index is 1520. The summed E-state index contributed by atoms with van der Waals surface area (Å²) < 4.78 is 23.3. The molecule has 0 aromatic heterocycles. The molecule has 7 rings (SSSR count). The Balaban J connectivity index is 0.910. The van der Waals surface area contributed by atoms with Crippen LogP contribution in [-0.2, 0) is 14.3 Å². The third kappa shape index (κ3) is 5.86. The quantitative estimate of drug-likeness (QED) is 0.186. The first-order valence-electron chi connectivity index (χ1n) is 16.8. The molecule has 2 saturated carbocycles. The van der Waals surface area contributed by atoms with Gasteiger partial charge < -0.3 is 34.1 Å². The summed E-state index contributed by atoms with van der Waals surface area (Å²) >= 11 is 0. The van der Waals surface area contributed by atoms with Crippen molar-refractivity contribution < 1.29 is 28.5 Å². The van der Waals surface area contributed by atoms with Gasteiger partial charge in [0.15, 0.2) is 23.0 Å². The predicted octanol–water partition coefficient (Wildman–Crippen LogP) is 5.46. The van der Waals surface area contributed by atoms with E-state index in [2.05, 4.69) is 16.8 Å². The van der Waals surface area contributed by atoms with Gasteiger partial charge in [-0.15, -0.1) is 0 Å². The van der Waals surface area contributed by atoms with Gasteiger partial charge in [-0.1, -0.05) is 6.58 Å². The third-order valence-electron chi connectivity index (χ3n) is 10.8. The highest BCUT2D eigenvalue weighted by Crippen LogP contribution is 2.56. The number of anilines is 1. The average Bonchev–Trinajstić information content (AvgIpc) is 3.94. The number of nitrogens with zero attached hydrogens (tertiary/aromatic N) is 3. The van der Waals surface area contributed by atoms with Crippen LogP contribution in [0.2, 0.25) is 0 Å². The zero-order valence-electron chi connectivity index (χ0n) is 27.4. The van der Waals surface area contributed by atoms with Crippen LogP contribution in [0.5, 0.6) is 11.5 Å². The number of allylic oxidation sites excluding steroid dienone is 1. The third-order valence-corrected chi connectivity index (χ3v) is 10.8. The molecule has 1 N–H and O–H groups in total. The summed E-state index contributed by atoms with van der Waals surface area (Å²) in [5.74, 6) is 2.20. The van der Waals surface area contributed by atoms with Crippen LogP contribution in [0.1, 0.15) is 75.1 Å². The van der Waals surface area contributed by atoms with Crippen molar-refractivity contribution >= 4 is 23.7 Å². The Labute approximate surface area is 271 Å². The molecule has 46 heavy (non-hydrogen) atoms. The second kappa shape index (κ2) is 12.0. The van der Waals surface area contributed by atoms with Gasteiger partial charge in [0.1, 0.15) is 0 Å². The van der Waals surface area contributed by atoms with Gasteiger partial charge in [-0.3, -0.25) is 14.6 Å². The number of fused-ring (bicyclic) bond motifs is 3. The van der Waals surface area contributed by atoms with E-state index in [0.29, 0.717) is 63.9 Å². The first-order valence-corrected chi connectivity index (χ1v) is 16.8. The topological polar surface area (TPSA) is 102 Å². The molecule has 10 nitrogen and oxygen atoms in total. The number of nitrogens with one attached hydrogen (secondary N) is 1. The minimum absolute atomic E-state index is 0.0419. The highest BCUT2D eigenvalue weighted by Gasteiger charge is 2.54. The minimum atomic E-state index is 0.0419. The maximum Gasteiger partial charge on any atom is 0.256 e. The van der Waals surface area contributed by atoms with Crippen LogP contribution in [0.15, 0.2) is 52.6 Å². The van der Waals surface area contributed by atoms with E-state index in [-0.39, 0.29) is 23.9 Å². The lowest BCUT2D eigenvalue weighted by Gasteiger charge is -2.21. The van der Waals surface area contributed by atoms with Crippen LogP contribution in [0.3, 0.4) is 0 Å². The summed E-state index contributed by atoms with van der Waals surface area (Å²) in [4.78, 5) is 35.4. The van der Waals surface area contributed by atoms with Crippen molar-refractivity contribution in [3.8, 4) is 11.5 Å². The average molecular weight is 631 g/mol. The van der Waals surface area contributed by atoms with Gasteiger partial charge in [0.05, 0.1) is 50.4 Å². The summed E-state index contributed by atoms with van der Waals surface area (Å²) in [6, 6.07) is 4.03. The van der Waals surface area contributed by atoms with Crippen LogP contribution >= 0.6 is 0 Å². The van der Waals surface area contributed by atoms with Gasteiger partial charge in [0.25, 0.3) is 11.8 Å². The lowest BCUT2D eigenvalue weighted by molar-refractivity contribution is -0.127. The number of hydrogen-bond donors (Lipinski definition) is 1. The standard InChI is InChI=1S/C36H46N4O6/c1-23-28(37-19-25-17-35(8-9-35)21-39(25)33(23)41)15-30(24(2)43-3)45-12-6-5-7-13-46-32-16-29-27(14-31(32)44-4)34(42)40-22-36(10-11-36)18-26(40)20-38-29/h14-16,19,25-26,38H,2,5-13,17-18,20-22H2,1,3-4H3/b30-15+/t25-,26?/m0/s1. The number of aliphatic imine (C=N–C) groups is 1. The molecule has 1 aromatic carbocycles. The predicted molar refractivity (Wildman–Crippen MR) is 175 cm³/mol. The van der Waals surface area contributed by atoms with E-state index < -0.39 is 0 Å². The van der Waals surface area contributed by atoms with Crippen LogP contribution in [0.4, 0.5) is 5.69 Å². The van der Waals surface area contributed by atoms with Crippen molar-refractivity contribution in [2.45, 2.75) is 76.8 Å². The molecule has 2 amide bonds. The number of methoxy groups -OCH3 is 2. The lowest BCUT2D eigenvalue weighted by Crippen LogP contribution is -2.37. The molecule has 4 aliphatic heterocycles. The molecule has 0 bridgehead atoms. The van der Waals surface area contributed by atoms with E-state index in [1.54, 1.807) is 20.3 Å². The molecule has 0 radical (unpaired) electrons. The molecule has 4 fully saturated rings. The Hall–Kier alpha value is -3.95. The Morgan fingerprint density at radius 1 is 1.00 bits per heavy atom. The maximum atomic E-state index is 13.4. The van der Waals surface area contributed by atoms with Crippen molar-refractivity contribution in [1.82, 2.24) is 9.80 Å². The lowest BCUT2D eigenvalue weighted by atomic mass is 10.0. The van der Waals surface area contributed by atoms with E-state index >= 15 is 0 Å². The molecule has 2 spiro atoms. The number of carbonyl (C=O) groups is 2. The fourth-order valence-corrected chi connectivity index (χ4v) is 7.56. The van der Waals surface area contributed by atoms with Crippen molar-refractivity contribution in [2.75, 3.05) is 52.4 Å². The SMILES string of the molecule is C=C(OC)/C(=C\C1=C(C)C(=O)N2CC3(CC3)C[C@H]2C=N1)OCCCCCOc1cc2c(cc1OC)C(=O)N1CC3(CC3)CC1CN2. The highest BCUT2D eigenvalue weighted by atomic mass is 16.5. The molecule has 2 saturated heterocycles. The molecule has 1 aromatic rings. The molecule has 10 heteroatoms. The fourth-order valence-electron chi connectivity index (χ4n) is 7.56. The van der Waals surface area contributed by atoms with E-state index in [1.807, 2.05) is 30.2 Å². The second-order valence-corrected chi connectivity index (χ2v) is 14.1. The van der Waals surface area contributed by atoms with Crippen LogP contribution < -0.4 is 14.8 Å². The van der Waals surface area contributed by atoms with Crippen LogP contribution in [-0.4, -0.2) is 87.0 Å². The van der Waals surface area contributed by atoms with E-state index in [4.69, 9.17) is 23.9 Å². The van der Waals surface area contributed by atoms with Crippen molar-refractivity contribution in [3.05, 3.63) is 53.1 Å². The normalized spacial score (nSPS) is 25.1. The van der Waals surface area contributed by atoms with E-state index in [0.717, 1.165) is 57.4 Å². The van der Waals surface area contributed by atoms with Crippen molar-refractivity contribution in [2.24, 2.45) is 15.8 Å². The Morgan fingerprint density at radius 3 is 2.48 bits per heavy atom. The zero-order valence-corrected chi connectivity index (χ0v) is 27.4. The van der Waals surface area contributed by atoms with Gasteiger partial charge >= 0.3 is 0 Å². The van der Waals surface area contributed by atoms with Crippen molar-refractivity contribution in [1.29, 1.82) is 0 Å². The molecule has 2 aliphatic carbocycles. The molecule has 6 aliphatic rings. The maximum absolute atomic E-state index is 13.4.